The lowest BCUT2D eigenvalue weighted by Crippen LogP contribution is -2.24. The van der Waals surface area contributed by atoms with E-state index in [1.807, 2.05) is 12.1 Å². The molecule has 1 saturated heterocycles. The van der Waals surface area contributed by atoms with Crippen LogP contribution in [0.5, 0.6) is 0 Å². The Labute approximate surface area is 154 Å². The molecular weight excluding hydrogens is 374 g/mol. The third kappa shape index (κ3) is 3.42. The van der Waals surface area contributed by atoms with Crippen LogP contribution in [0.1, 0.15) is 12.0 Å². The van der Waals surface area contributed by atoms with Crippen molar-refractivity contribution in [3.8, 4) is 0 Å². The molecule has 0 unspecified atom stereocenters. The SMILES string of the molecule is O=S1(=O)CCCN1c1ccc(CNc2ncnc3cc(F)c(F)cc23)cc1. The van der Waals surface area contributed by atoms with Gasteiger partial charge >= 0.3 is 0 Å². The number of hydrogen-bond donors (Lipinski definition) is 1. The minimum Gasteiger partial charge on any atom is -0.365 e. The number of benzene rings is 2. The minimum absolute atomic E-state index is 0.175. The van der Waals surface area contributed by atoms with Gasteiger partial charge in [-0.25, -0.2) is 27.2 Å². The van der Waals surface area contributed by atoms with Crippen LogP contribution < -0.4 is 9.62 Å². The number of hydrogen-bond acceptors (Lipinski definition) is 5. The molecule has 3 aromatic rings. The second-order valence-corrected chi connectivity index (χ2v) is 8.28. The van der Waals surface area contributed by atoms with Gasteiger partial charge in [0.2, 0.25) is 10.0 Å². The summed E-state index contributed by atoms with van der Waals surface area (Å²) in [6, 6.07) is 9.25. The summed E-state index contributed by atoms with van der Waals surface area (Å²) >= 11 is 0. The number of halogens is 2. The molecule has 0 bridgehead atoms. The predicted molar refractivity (Wildman–Crippen MR) is 99.0 cm³/mol. The second kappa shape index (κ2) is 6.73. The normalized spacial score (nSPS) is 16.0. The van der Waals surface area contributed by atoms with Crippen LogP contribution >= 0.6 is 0 Å². The van der Waals surface area contributed by atoms with Gasteiger partial charge in [-0.1, -0.05) is 12.1 Å². The predicted octanol–water partition coefficient (Wildman–Crippen LogP) is 3.06. The molecular formula is C18H16F2N4O2S. The molecule has 1 aliphatic rings. The quantitative estimate of drug-likeness (QED) is 0.741. The first kappa shape index (κ1) is 17.6. The van der Waals surface area contributed by atoms with Crippen LogP contribution in [0.2, 0.25) is 0 Å². The summed E-state index contributed by atoms with van der Waals surface area (Å²) < 4.78 is 52.3. The smallest absolute Gasteiger partial charge is 0.235 e. The lowest BCUT2D eigenvalue weighted by molar-refractivity contribution is 0.510. The Balaban J connectivity index is 1.53. The Morgan fingerprint density at radius 1 is 1.07 bits per heavy atom. The Kier molecular flexibility index (Phi) is 4.39. The monoisotopic (exact) mass is 390 g/mol. The minimum atomic E-state index is -3.21. The van der Waals surface area contributed by atoms with Crippen molar-refractivity contribution in [2.24, 2.45) is 0 Å². The molecule has 1 fully saturated rings. The highest BCUT2D eigenvalue weighted by Crippen LogP contribution is 2.25. The first-order valence-electron chi connectivity index (χ1n) is 8.37. The number of rotatable bonds is 4. The van der Waals surface area contributed by atoms with Crippen molar-refractivity contribution < 1.29 is 17.2 Å². The van der Waals surface area contributed by atoms with Gasteiger partial charge in [0.25, 0.3) is 0 Å². The van der Waals surface area contributed by atoms with Crippen LogP contribution in [0, 0.1) is 11.6 Å². The topological polar surface area (TPSA) is 75.2 Å². The van der Waals surface area contributed by atoms with E-state index in [0.29, 0.717) is 41.9 Å². The van der Waals surface area contributed by atoms with E-state index >= 15 is 0 Å². The Bertz CT molecular complexity index is 1100. The molecule has 27 heavy (non-hydrogen) atoms. The molecule has 2 heterocycles. The van der Waals surface area contributed by atoms with Crippen molar-refractivity contribution in [1.82, 2.24) is 9.97 Å². The number of nitrogens with one attached hydrogen (secondary N) is 1. The molecule has 4 rings (SSSR count). The first-order valence-corrected chi connectivity index (χ1v) is 9.98. The maximum Gasteiger partial charge on any atom is 0.235 e. The lowest BCUT2D eigenvalue weighted by Gasteiger charge is -2.17. The van der Waals surface area contributed by atoms with Crippen LogP contribution in [0.4, 0.5) is 20.3 Å². The molecule has 0 aliphatic carbocycles. The number of fused-ring (bicyclic) bond motifs is 1. The molecule has 1 aromatic heterocycles. The van der Waals surface area contributed by atoms with E-state index in [2.05, 4.69) is 15.3 Å². The van der Waals surface area contributed by atoms with Crippen molar-refractivity contribution in [3.05, 3.63) is 59.9 Å². The van der Waals surface area contributed by atoms with Crippen molar-refractivity contribution in [2.75, 3.05) is 21.9 Å². The molecule has 0 atom stereocenters. The molecule has 0 radical (unpaired) electrons. The molecule has 0 spiro atoms. The highest BCUT2D eigenvalue weighted by Gasteiger charge is 2.28. The number of anilines is 2. The van der Waals surface area contributed by atoms with E-state index in [4.69, 9.17) is 0 Å². The fourth-order valence-electron chi connectivity index (χ4n) is 3.09. The van der Waals surface area contributed by atoms with Gasteiger partial charge in [-0.2, -0.15) is 0 Å². The summed E-state index contributed by atoms with van der Waals surface area (Å²) in [5.41, 5.74) is 1.84. The van der Waals surface area contributed by atoms with E-state index in [1.54, 1.807) is 12.1 Å². The largest absolute Gasteiger partial charge is 0.365 e. The molecule has 2 aromatic carbocycles. The molecule has 140 valence electrons. The van der Waals surface area contributed by atoms with Gasteiger partial charge in [0.1, 0.15) is 12.1 Å². The average Bonchev–Trinajstić information content (AvgIpc) is 3.00. The van der Waals surface area contributed by atoms with Crippen LogP contribution in [-0.2, 0) is 16.6 Å². The van der Waals surface area contributed by atoms with Crippen molar-refractivity contribution in [3.63, 3.8) is 0 Å². The zero-order valence-corrected chi connectivity index (χ0v) is 15.0. The van der Waals surface area contributed by atoms with Crippen molar-refractivity contribution in [2.45, 2.75) is 13.0 Å². The zero-order valence-electron chi connectivity index (χ0n) is 14.2. The van der Waals surface area contributed by atoms with Gasteiger partial charge in [-0.15, -0.1) is 0 Å². The highest BCUT2D eigenvalue weighted by atomic mass is 32.2. The molecule has 1 aliphatic heterocycles. The van der Waals surface area contributed by atoms with E-state index in [-0.39, 0.29) is 5.75 Å². The maximum absolute atomic E-state index is 13.5. The summed E-state index contributed by atoms with van der Waals surface area (Å²) in [4.78, 5) is 8.04. The molecule has 0 saturated carbocycles. The molecule has 6 nitrogen and oxygen atoms in total. The van der Waals surface area contributed by atoms with Crippen LogP contribution in [0.25, 0.3) is 10.9 Å². The summed E-state index contributed by atoms with van der Waals surface area (Å²) in [6.45, 7) is 0.882. The standard InChI is InChI=1S/C18H16F2N4O2S/c19-15-8-14-17(9-16(15)20)22-11-23-18(14)21-10-12-2-4-13(5-3-12)24-6-1-7-27(24,25)26/h2-5,8-9,11H,1,6-7,10H2,(H,21,22,23). The van der Waals surface area contributed by atoms with E-state index in [9.17, 15) is 17.2 Å². The van der Waals surface area contributed by atoms with E-state index in [1.165, 1.54) is 10.6 Å². The second-order valence-electron chi connectivity index (χ2n) is 6.27. The lowest BCUT2D eigenvalue weighted by atomic mass is 10.2. The first-order chi connectivity index (χ1) is 12.9. The number of nitrogens with zero attached hydrogens (tertiary/aromatic N) is 3. The fraction of sp³-hybridized carbons (Fsp3) is 0.222. The van der Waals surface area contributed by atoms with E-state index < -0.39 is 21.7 Å². The Morgan fingerprint density at radius 2 is 1.81 bits per heavy atom. The van der Waals surface area contributed by atoms with Gasteiger partial charge < -0.3 is 5.32 Å². The third-order valence-corrected chi connectivity index (χ3v) is 6.33. The molecule has 9 heteroatoms. The van der Waals surface area contributed by atoms with Crippen molar-refractivity contribution >= 4 is 32.4 Å². The average molecular weight is 390 g/mol. The molecule has 0 amide bonds. The van der Waals surface area contributed by atoms with Gasteiger partial charge in [-0.05, 0) is 30.2 Å². The summed E-state index contributed by atoms with van der Waals surface area (Å²) in [5, 5.41) is 3.47. The Hall–Kier alpha value is -2.81. The number of sulfonamides is 1. The van der Waals surface area contributed by atoms with Crippen LogP contribution in [0.3, 0.4) is 0 Å². The van der Waals surface area contributed by atoms with Gasteiger partial charge in [0.15, 0.2) is 11.6 Å². The van der Waals surface area contributed by atoms with Crippen LogP contribution in [-0.4, -0.2) is 30.7 Å². The van der Waals surface area contributed by atoms with Crippen LogP contribution in [0.15, 0.2) is 42.7 Å². The summed E-state index contributed by atoms with van der Waals surface area (Å²) in [6.07, 6.45) is 1.91. The zero-order chi connectivity index (χ0) is 19.0. The highest BCUT2D eigenvalue weighted by molar-refractivity contribution is 7.93. The maximum atomic E-state index is 13.5. The third-order valence-electron chi connectivity index (χ3n) is 4.46. The summed E-state index contributed by atoms with van der Waals surface area (Å²) in [5.74, 6) is -1.35. The van der Waals surface area contributed by atoms with Gasteiger partial charge in [0.05, 0.1) is 17.0 Å². The molecule has 1 N–H and O–H groups in total. The van der Waals surface area contributed by atoms with Gasteiger partial charge in [-0.3, -0.25) is 4.31 Å². The fourth-order valence-corrected chi connectivity index (χ4v) is 4.65. The van der Waals surface area contributed by atoms with Gasteiger partial charge in [0, 0.05) is 24.5 Å². The van der Waals surface area contributed by atoms with E-state index in [0.717, 1.165) is 17.7 Å². The van der Waals surface area contributed by atoms with Crippen molar-refractivity contribution in [1.29, 1.82) is 0 Å². The Morgan fingerprint density at radius 3 is 2.52 bits per heavy atom. The number of aromatic nitrogens is 2. The summed E-state index contributed by atoms with van der Waals surface area (Å²) in [7, 11) is -3.21.